The van der Waals surface area contributed by atoms with Crippen molar-refractivity contribution in [1.29, 1.82) is 0 Å². The van der Waals surface area contributed by atoms with Crippen molar-refractivity contribution in [3.8, 4) is 11.5 Å². The van der Waals surface area contributed by atoms with Gasteiger partial charge in [0, 0.05) is 24.4 Å². The van der Waals surface area contributed by atoms with Gasteiger partial charge in [0.05, 0.1) is 18.9 Å². The summed E-state index contributed by atoms with van der Waals surface area (Å²) in [5, 5.41) is 10.6. The molecule has 0 fully saturated rings. The normalized spacial score (nSPS) is 9.95. The number of pyridine rings is 1. The molecule has 0 spiro atoms. The fraction of sp³-hybridized carbons (Fsp3) is 0.133. The largest absolute Gasteiger partial charge is 0.456 e. The van der Waals surface area contributed by atoms with Crippen LogP contribution in [0.4, 0.5) is 5.69 Å². The minimum Gasteiger partial charge on any atom is -0.456 e. The first-order valence-corrected chi connectivity index (χ1v) is 8.21. The molecule has 3 rings (SSSR count). The number of aromatic nitrogens is 1. The van der Waals surface area contributed by atoms with E-state index in [1.165, 1.54) is 23.5 Å². The topological polar surface area (TPSA) is 65.3 Å². The van der Waals surface area contributed by atoms with Gasteiger partial charge in [-0.25, -0.2) is 0 Å². The minimum absolute atomic E-state index is 0.0380. The molecule has 5 nitrogen and oxygen atoms in total. The number of non-ortho nitro benzene ring substituents is 1. The van der Waals surface area contributed by atoms with E-state index < -0.39 is 4.92 Å². The lowest BCUT2D eigenvalue weighted by Crippen LogP contribution is -1.88. The lowest BCUT2D eigenvalue weighted by atomic mass is 10.3. The van der Waals surface area contributed by atoms with Gasteiger partial charge in [-0.3, -0.25) is 15.1 Å². The molecule has 2 aromatic heterocycles. The van der Waals surface area contributed by atoms with Crippen LogP contribution < -0.4 is 4.74 Å². The third kappa shape index (κ3) is 3.61. The fourth-order valence-electron chi connectivity index (χ4n) is 1.73. The van der Waals surface area contributed by atoms with Crippen molar-refractivity contribution in [2.75, 3.05) is 0 Å². The number of fused-ring (bicyclic) bond motifs is 1. The Morgan fingerprint density at radius 3 is 2.55 bits per heavy atom. The van der Waals surface area contributed by atoms with Gasteiger partial charge in [-0.2, -0.15) is 0 Å². The average Bonchev–Trinajstić information content (AvgIpc) is 2.91. The van der Waals surface area contributed by atoms with E-state index in [1.54, 1.807) is 24.4 Å². The zero-order valence-electron chi connectivity index (χ0n) is 11.9. The molecule has 114 valence electrons. The monoisotopic (exact) mass is 380 g/mol. The predicted octanol–water partition coefficient (Wildman–Crippen LogP) is 5.79. The van der Waals surface area contributed by atoms with Gasteiger partial charge in [0.2, 0.25) is 0 Å². The van der Waals surface area contributed by atoms with Crippen LogP contribution in [0.15, 0.2) is 46.4 Å². The van der Waals surface area contributed by atoms with E-state index in [9.17, 15) is 10.1 Å². The first-order valence-electron chi connectivity index (χ1n) is 6.60. The molecule has 1 aromatic carbocycles. The lowest BCUT2D eigenvalue weighted by molar-refractivity contribution is -0.384. The maximum absolute atomic E-state index is 10.6. The van der Waals surface area contributed by atoms with Crippen molar-refractivity contribution in [3.63, 3.8) is 0 Å². The van der Waals surface area contributed by atoms with Crippen molar-refractivity contribution in [2.45, 2.75) is 13.8 Å². The Labute approximate surface area is 139 Å². The SMILES string of the molecule is CC.O=[N+]([O-])c1ccc(Oc2ccnc3cc(Br)sc23)cc1. The number of ether oxygens (including phenoxy) is 1. The van der Waals surface area contributed by atoms with Crippen LogP contribution in [0.2, 0.25) is 0 Å². The minimum atomic E-state index is -0.440. The van der Waals surface area contributed by atoms with E-state index in [2.05, 4.69) is 20.9 Å². The summed E-state index contributed by atoms with van der Waals surface area (Å²) in [5.74, 6) is 1.23. The molecule has 0 aliphatic heterocycles. The quantitative estimate of drug-likeness (QED) is 0.426. The molecule has 0 bridgehead atoms. The second-order valence-electron chi connectivity index (χ2n) is 3.93. The van der Waals surface area contributed by atoms with Crippen LogP contribution in [-0.2, 0) is 0 Å². The summed E-state index contributed by atoms with van der Waals surface area (Å²) in [6.07, 6.45) is 1.67. The highest BCUT2D eigenvalue weighted by molar-refractivity contribution is 9.11. The molecule has 0 N–H and O–H groups in total. The number of halogens is 1. The van der Waals surface area contributed by atoms with Crippen LogP contribution in [-0.4, -0.2) is 9.91 Å². The molecule has 0 radical (unpaired) electrons. The Balaban J connectivity index is 0.000000847. The van der Waals surface area contributed by atoms with E-state index in [4.69, 9.17) is 4.74 Å². The molecule has 0 aliphatic rings. The van der Waals surface area contributed by atoms with E-state index in [1.807, 2.05) is 19.9 Å². The highest BCUT2D eigenvalue weighted by Gasteiger charge is 2.09. The summed E-state index contributed by atoms with van der Waals surface area (Å²) in [6, 6.07) is 9.67. The van der Waals surface area contributed by atoms with Gasteiger partial charge in [-0.15, -0.1) is 11.3 Å². The van der Waals surface area contributed by atoms with Crippen LogP contribution in [0.25, 0.3) is 10.2 Å². The van der Waals surface area contributed by atoms with Crippen LogP contribution >= 0.6 is 27.3 Å². The first-order chi connectivity index (χ1) is 10.6. The number of nitro benzene ring substituents is 1. The van der Waals surface area contributed by atoms with Gasteiger partial charge in [0.25, 0.3) is 5.69 Å². The third-order valence-corrected chi connectivity index (χ3v) is 4.26. The molecule has 3 aromatic rings. The zero-order chi connectivity index (χ0) is 16.1. The Kier molecular flexibility index (Phi) is 5.46. The van der Waals surface area contributed by atoms with Crippen molar-refractivity contribution in [1.82, 2.24) is 4.98 Å². The number of nitro groups is 1. The van der Waals surface area contributed by atoms with Gasteiger partial charge in [0.1, 0.15) is 11.5 Å². The van der Waals surface area contributed by atoms with Gasteiger partial charge in [0.15, 0.2) is 0 Å². The fourth-order valence-corrected chi connectivity index (χ4v) is 3.22. The maximum Gasteiger partial charge on any atom is 0.269 e. The second-order valence-corrected chi connectivity index (χ2v) is 6.36. The Bertz CT molecular complexity index is 787. The number of rotatable bonds is 3. The van der Waals surface area contributed by atoms with E-state index in [0.717, 1.165) is 14.0 Å². The number of benzene rings is 1. The summed E-state index contributed by atoms with van der Waals surface area (Å²) in [5.41, 5.74) is 0.886. The molecule has 22 heavy (non-hydrogen) atoms. The Hall–Kier alpha value is -1.99. The number of hydrogen-bond acceptors (Lipinski definition) is 5. The standard InChI is InChI=1S/C13H7BrN2O3S.C2H6/c14-12-7-10-13(20-12)11(5-6-15-10)19-9-3-1-8(2-4-9)16(17)18;1-2/h1-7H;1-2H3. The second kappa shape index (κ2) is 7.33. The molecular formula is C15H13BrN2O3S. The summed E-state index contributed by atoms with van der Waals surface area (Å²) in [7, 11) is 0. The number of nitrogens with zero attached hydrogens (tertiary/aromatic N) is 2. The molecule has 0 aliphatic carbocycles. The lowest BCUT2D eigenvalue weighted by Gasteiger charge is -2.05. The highest BCUT2D eigenvalue weighted by atomic mass is 79.9. The van der Waals surface area contributed by atoms with Crippen LogP contribution in [0, 0.1) is 10.1 Å². The molecule has 0 saturated heterocycles. The number of hydrogen-bond donors (Lipinski definition) is 0. The first kappa shape index (κ1) is 16.4. The Morgan fingerprint density at radius 1 is 1.23 bits per heavy atom. The van der Waals surface area contributed by atoms with Crippen LogP contribution in [0.3, 0.4) is 0 Å². The smallest absolute Gasteiger partial charge is 0.269 e. The summed E-state index contributed by atoms with van der Waals surface area (Å²) >= 11 is 4.94. The summed E-state index contributed by atoms with van der Waals surface area (Å²) in [4.78, 5) is 14.4. The van der Waals surface area contributed by atoms with Crippen molar-refractivity contribution in [2.24, 2.45) is 0 Å². The maximum atomic E-state index is 10.6. The third-order valence-electron chi connectivity index (χ3n) is 2.62. The van der Waals surface area contributed by atoms with Crippen molar-refractivity contribution in [3.05, 3.63) is 56.5 Å². The van der Waals surface area contributed by atoms with Crippen molar-refractivity contribution >= 4 is 43.2 Å². The van der Waals surface area contributed by atoms with E-state index in [-0.39, 0.29) is 5.69 Å². The van der Waals surface area contributed by atoms with Gasteiger partial charge >= 0.3 is 0 Å². The van der Waals surface area contributed by atoms with E-state index in [0.29, 0.717) is 11.5 Å². The van der Waals surface area contributed by atoms with Gasteiger partial charge < -0.3 is 4.74 Å². The van der Waals surface area contributed by atoms with Gasteiger partial charge in [-0.1, -0.05) is 13.8 Å². The molecule has 7 heteroatoms. The predicted molar refractivity (Wildman–Crippen MR) is 91.8 cm³/mol. The van der Waals surface area contributed by atoms with Crippen LogP contribution in [0.1, 0.15) is 13.8 Å². The molecular weight excluding hydrogens is 368 g/mol. The number of thiophene rings is 1. The molecule has 0 unspecified atom stereocenters. The van der Waals surface area contributed by atoms with E-state index >= 15 is 0 Å². The summed E-state index contributed by atoms with van der Waals surface area (Å²) in [6.45, 7) is 4.00. The molecule has 0 saturated carbocycles. The van der Waals surface area contributed by atoms with Gasteiger partial charge in [-0.05, 0) is 34.1 Å². The highest BCUT2D eigenvalue weighted by Crippen LogP contribution is 2.37. The molecule has 2 heterocycles. The molecule has 0 amide bonds. The zero-order valence-corrected chi connectivity index (χ0v) is 14.3. The summed E-state index contributed by atoms with van der Waals surface area (Å²) < 4.78 is 7.67. The average molecular weight is 381 g/mol. The van der Waals surface area contributed by atoms with Crippen molar-refractivity contribution < 1.29 is 9.66 Å². The van der Waals surface area contributed by atoms with Crippen LogP contribution in [0.5, 0.6) is 11.5 Å². The molecule has 0 atom stereocenters. The Morgan fingerprint density at radius 2 is 1.91 bits per heavy atom.